The lowest BCUT2D eigenvalue weighted by molar-refractivity contribution is 0.291. The summed E-state index contributed by atoms with van der Waals surface area (Å²) >= 11 is 0. The van der Waals surface area contributed by atoms with Crippen LogP contribution in [-0.2, 0) is 5.41 Å². The molecule has 22 heavy (non-hydrogen) atoms. The van der Waals surface area contributed by atoms with Crippen molar-refractivity contribution in [2.45, 2.75) is 32.1 Å². The maximum Gasteiger partial charge on any atom is 0.0235 e. The van der Waals surface area contributed by atoms with Crippen molar-refractivity contribution < 1.29 is 0 Å². The lowest BCUT2D eigenvalue weighted by Crippen LogP contribution is -2.25. The van der Waals surface area contributed by atoms with Gasteiger partial charge in [0.25, 0.3) is 0 Å². The van der Waals surface area contributed by atoms with Crippen LogP contribution in [0.25, 0.3) is 0 Å². The van der Waals surface area contributed by atoms with Crippen LogP contribution in [0.3, 0.4) is 0 Å². The Hall–Kier alpha value is -1.60. The highest BCUT2D eigenvalue weighted by molar-refractivity contribution is 5.46. The first-order valence-corrected chi connectivity index (χ1v) is 8.64. The maximum atomic E-state index is 2.54. The molecule has 1 fully saturated rings. The highest BCUT2D eigenvalue weighted by atomic mass is 15.1. The zero-order chi connectivity index (χ0) is 15.4. The van der Waals surface area contributed by atoms with E-state index in [4.69, 9.17) is 0 Å². The average Bonchev–Trinajstić information content (AvgIpc) is 3.33. The van der Waals surface area contributed by atoms with Gasteiger partial charge in [-0.3, -0.25) is 0 Å². The van der Waals surface area contributed by atoms with E-state index in [1.54, 1.807) is 0 Å². The first kappa shape index (κ1) is 15.3. The third kappa shape index (κ3) is 2.83. The first-order chi connectivity index (χ1) is 10.8. The fourth-order valence-corrected chi connectivity index (χ4v) is 3.90. The highest BCUT2D eigenvalue weighted by Crippen LogP contribution is 2.60. The van der Waals surface area contributed by atoms with Crippen LogP contribution in [0.4, 0.5) is 0 Å². The van der Waals surface area contributed by atoms with Crippen LogP contribution in [0.2, 0.25) is 0 Å². The van der Waals surface area contributed by atoms with Gasteiger partial charge in [0.2, 0.25) is 0 Å². The quantitative estimate of drug-likeness (QED) is 0.713. The maximum absolute atomic E-state index is 2.54. The van der Waals surface area contributed by atoms with Crippen LogP contribution in [0, 0.1) is 5.92 Å². The molecule has 0 radical (unpaired) electrons. The summed E-state index contributed by atoms with van der Waals surface area (Å²) in [4.78, 5) is 2.54. The van der Waals surface area contributed by atoms with Crippen LogP contribution in [0.15, 0.2) is 60.7 Å². The Kier molecular flexibility index (Phi) is 4.63. The molecule has 1 unspecified atom stereocenters. The van der Waals surface area contributed by atoms with Gasteiger partial charge in [-0.15, -0.1) is 0 Å². The fraction of sp³-hybridized carbons (Fsp3) is 0.429. The van der Waals surface area contributed by atoms with E-state index in [1.165, 1.54) is 30.5 Å². The van der Waals surface area contributed by atoms with E-state index in [9.17, 15) is 0 Å². The molecule has 0 bridgehead atoms. The van der Waals surface area contributed by atoms with Crippen molar-refractivity contribution >= 4 is 0 Å². The van der Waals surface area contributed by atoms with Crippen molar-refractivity contribution in [2.75, 3.05) is 19.6 Å². The Morgan fingerprint density at radius 2 is 1.36 bits per heavy atom. The van der Waals surface area contributed by atoms with E-state index in [1.807, 2.05) is 0 Å². The smallest absolute Gasteiger partial charge is 0.0235 e. The van der Waals surface area contributed by atoms with Crippen molar-refractivity contribution in [3.8, 4) is 0 Å². The van der Waals surface area contributed by atoms with Crippen molar-refractivity contribution in [3.63, 3.8) is 0 Å². The molecule has 1 atom stereocenters. The monoisotopic (exact) mass is 293 g/mol. The summed E-state index contributed by atoms with van der Waals surface area (Å²) in [7, 11) is 0. The minimum absolute atomic E-state index is 0.260. The Labute approximate surface area is 135 Å². The van der Waals surface area contributed by atoms with Crippen LogP contribution in [0.1, 0.15) is 37.8 Å². The molecule has 3 rings (SSSR count). The number of rotatable bonds is 7. The Morgan fingerprint density at radius 1 is 0.864 bits per heavy atom. The summed E-state index contributed by atoms with van der Waals surface area (Å²) in [6.07, 6.45) is 2.59. The summed E-state index contributed by atoms with van der Waals surface area (Å²) in [6.45, 7) is 8.06. The third-order valence-electron chi connectivity index (χ3n) is 5.37. The zero-order valence-electron chi connectivity index (χ0n) is 13.8. The molecule has 0 N–H and O–H groups in total. The van der Waals surface area contributed by atoms with Crippen LogP contribution in [-0.4, -0.2) is 24.5 Å². The van der Waals surface area contributed by atoms with Crippen molar-refractivity contribution in [2.24, 2.45) is 5.92 Å². The van der Waals surface area contributed by atoms with Gasteiger partial charge < -0.3 is 4.90 Å². The number of hydrogen-bond donors (Lipinski definition) is 0. The second-order valence-electron chi connectivity index (χ2n) is 6.42. The molecular formula is C21H27N. The minimum Gasteiger partial charge on any atom is -0.304 e. The van der Waals surface area contributed by atoms with E-state index in [-0.39, 0.29) is 5.41 Å². The SMILES string of the molecule is CCN(CC)CCC1CC1(c1ccccc1)c1ccccc1. The molecule has 0 heterocycles. The summed E-state index contributed by atoms with van der Waals surface area (Å²) in [5, 5.41) is 0. The molecule has 0 aromatic heterocycles. The Bertz CT molecular complexity index is 532. The van der Waals surface area contributed by atoms with Gasteiger partial charge in [-0.2, -0.15) is 0 Å². The van der Waals surface area contributed by atoms with Gasteiger partial charge >= 0.3 is 0 Å². The second-order valence-corrected chi connectivity index (χ2v) is 6.42. The predicted octanol–water partition coefficient (Wildman–Crippen LogP) is 4.72. The van der Waals surface area contributed by atoms with Gasteiger partial charge in [0.15, 0.2) is 0 Å². The summed E-state index contributed by atoms with van der Waals surface area (Å²) in [5.74, 6) is 0.776. The first-order valence-electron chi connectivity index (χ1n) is 8.64. The van der Waals surface area contributed by atoms with E-state index in [0.29, 0.717) is 0 Å². The molecule has 2 aromatic carbocycles. The molecule has 116 valence electrons. The fourth-order valence-electron chi connectivity index (χ4n) is 3.90. The molecule has 2 aromatic rings. The molecule has 1 aliphatic carbocycles. The molecular weight excluding hydrogens is 266 g/mol. The third-order valence-corrected chi connectivity index (χ3v) is 5.37. The Morgan fingerprint density at radius 3 is 1.82 bits per heavy atom. The van der Waals surface area contributed by atoms with Crippen LogP contribution >= 0.6 is 0 Å². The topological polar surface area (TPSA) is 3.24 Å². The lowest BCUT2D eigenvalue weighted by atomic mass is 9.85. The van der Waals surface area contributed by atoms with Gasteiger partial charge in [0.1, 0.15) is 0 Å². The second kappa shape index (κ2) is 6.66. The molecule has 0 amide bonds. The number of nitrogens with zero attached hydrogens (tertiary/aromatic N) is 1. The largest absolute Gasteiger partial charge is 0.304 e. The van der Waals surface area contributed by atoms with Gasteiger partial charge in [-0.05, 0) is 49.5 Å². The van der Waals surface area contributed by atoms with Crippen LogP contribution < -0.4 is 0 Å². The molecule has 1 heteroatoms. The highest BCUT2D eigenvalue weighted by Gasteiger charge is 2.55. The molecule has 0 saturated heterocycles. The molecule has 1 nitrogen and oxygen atoms in total. The average molecular weight is 293 g/mol. The van der Waals surface area contributed by atoms with E-state index < -0.39 is 0 Å². The summed E-state index contributed by atoms with van der Waals surface area (Å²) in [5.41, 5.74) is 3.24. The van der Waals surface area contributed by atoms with E-state index >= 15 is 0 Å². The molecule has 0 spiro atoms. The van der Waals surface area contributed by atoms with Crippen molar-refractivity contribution in [1.82, 2.24) is 4.90 Å². The summed E-state index contributed by atoms with van der Waals surface area (Å²) < 4.78 is 0. The van der Waals surface area contributed by atoms with Crippen molar-refractivity contribution in [1.29, 1.82) is 0 Å². The van der Waals surface area contributed by atoms with Crippen LogP contribution in [0.5, 0.6) is 0 Å². The minimum atomic E-state index is 0.260. The van der Waals surface area contributed by atoms with Gasteiger partial charge in [0, 0.05) is 5.41 Å². The molecule has 1 saturated carbocycles. The van der Waals surface area contributed by atoms with E-state index in [2.05, 4.69) is 79.4 Å². The molecule has 0 aliphatic heterocycles. The molecule has 1 aliphatic rings. The van der Waals surface area contributed by atoms with Gasteiger partial charge in [0.05, 0.1) is 0 Å². The van der Waals surface area contributed by atoms with Crippen molar-refractivity contribution in [3.05, 3.63) is 71.8 Å². The number of hydrogen-bond acceptors (Lipinski definition) is 1. The van der Waals surface area contributed by atoms with E-state index in [0.717, 1.165) is 19.0 Å². The standard InChI is InChI=1S/C21H27N/c1-3-22(4-2)16-15-20-17-21(20,18-11-7-5-8-12-18)19-13-9-6-10-14-19/h5-14,20H,3-4,15-17H2,1-2H3. The van der Waals surface area contributed by atoms with Gasteiger partial charge in [-0.25, -0.2) is 0 Å². The Balaban J connectivity index is 1.82. The lowest BCUT2D eigenvalue weighted by Gasteiger charge is -2.22. The van der Waals surface area contributed by atoms with Gasteiger partial charge in [-0.1, -0.05) is 74.5 Å². The predicted molar refractivity (Wildman–Crippen MR) is 94.2 cm³/mol. The zero-order valence-corrected chi connectivity index (χ0v) is 13.8. The normalized spacial score (nSPS) is 19.3. The summed E-state index contributed by atoms with van der Waals surface area (Å²) in [6, 6.07) is 22.2. The number of benzene rings is 2.